The maximum absolute atomic E-state index is 9.37. The van der Waals surface area contributed by atoms with Crippen LogP contribution in [0.15, 0.2) is 174 Å². The van der Waals surface area contributed by atoms with Crippen molar-refractivity contribution < 1.29 is 22.2 Å². The predicted molar refractivity (Wildman–Crippen MR) is 190 cm³/mol. The molecule has 45 heavy (non-hydrogen) atoms. The zero-order valence-corrected chi connectivity index (χ0v) is 23.6. The molecule has 0 unspecified atom stereocenters. The Morgan fingerprint density at radius 3 is 1.56 bits per heavy atom. The molecular weight excluding hydrogens is 544 g/mol. The zero-order valence-electron chi connectivity index (χ0n) is 36.6. The number of furan rings is 1. The molecule has 210 valence electrons. The van der Waals surface area contributed by atoms with Gasteiger partial charge in [-0.15, -0.1) is 0 Å². The fourth-order valence-electron chi connectivity index (χ4n) is 6.25. The van der Waals surface area contributed by atoms with Crippen molar-refractivity contribution in [2.75, 3.05) is 0 Å². The van der Waals surface area contributed by atoms with Crippen LogP contribution in [0.25, 0.3) is 88.0 Å². The van der Waals surface area contributed by atoms with E-state index in [1.54, 1.807) is 24.3 Å². The van der Waals surface area contributed by atoms with Crippen molar-refractivity contribution in [2.24, 2.45) is 0 Å². The quantitative estimate of drug-likeness (QED) is 0.187. The van der Waals surface area contributed by atoms with Crippen molar-refractivity contribution >= 4 is 43.5 Å². The summed E-state index contributed by atoms with van der Waals surface area (Å²) in [5.74, 6) is 0. The van der Waals surface area contributed by atoms with E-state index >= 15 is 0 Å². The normalized spacial score (nSPS) is 15.6. The summed E-state index contributed by atoms with van der Waals surface area (Å²) in [6.07, 6.45) is 0. The second-order valence-electron chi connectivity index (χ2n) is 10.6. The molecule has 0 amide bonds. The van der Waals surface area contributed by atoms with Gasteiger partial charge in [-0.25, -0.2) is 0 Å². The summed E-state index contributed by atoms with van der Waals surface area (Å²) in [7, 11) is 0. The summed E-state index contributed by atoms with van der Waals surface area (Å²) in [5.41, 5.74) is 2.39. The highest BCUT2D eigenvalue weighted by atomic mass is 16.3. The van der Waals surface area contributed by atoms with E-state index in [1.165, 1.54) is 0 Å². The van der Waals surface area contributed by atoms with Gasteiger partial charge in [-0.2, -0.15) is 0 Å². The molecule has 9 aromatic rings. The molecule has 0 atom stereocenters. The van der Waals surface area contributed by atoms with E-state index in [0.717, 1.165) is 11.5 Å². The third-order valence-corrected chi connectivity index (χ3v) is 8.13. The second-order valence-corrected chi connectivity index (χ2v) is 10.6. The van der Waals surface area contributed by atoms with Gasteiger partial charge in [0.2, 0.25) is 0 Å². The van der Waals surface area contributed by atoms with E-state index < -0.39 is 54.4 Å². The van der Waals surface area contributed by atoms with Crippen LogP contribution in [-0.2, 0) is 0 Å². The van der Waals surface area contributed by atoms with E-state index in [-0.39, 0.29) is 46.4 Å². The van der Waals surface area contributed by atoms with Gasteiger partial charge in [0.1, 0.15) is 11.2 Å². The van der Waals surface area contributed by atoms with Gasteiger partial charge < -0.3 is 4.42 Å². The van der Waals surface area contributed by atoms with Crippen LogP contribution < -0.4 is 0 Å². The fourth-order valence-corrected chi connectivity index (χ4v) is 6.25. The molecule has 0 aliphatic rings. The van der Waals surface area contributed by atoms with E-state index in [0.29, 0.717) is 60.4 Å². The molecule has 9 rings (SSSR count). The molecule has 0 bridgehead atoms. The zero-order chi connectivity index (χ0) is 41.1. The summed E-state index contributed by atoms with van der Waals surface area (Å²) < 4.78 is 120. The third kappa shape index (κ3) is 4.17. The maximum Gasteiger partial charge on any atom is 0.136 e. The number of rotatable bonds is 4. The lowest BCUT2D eigenvalue weighted by atomic mass is 9.84. The fraction of sp³-hybridized carbons (Fsp3) is 0. The molecule has 0 spiro atoms. The van der Waals surface area contributed by atoms with E-state index in [2.05, 4.69) is 0 Å². The van der Waals surface area contributed by atoms with Gasteiger partial charge in [0.25, 0.3) is 0 Å². The van der Waals surface area contributed by atoms with Crippen molar-refractivity contribution in [1.29, 1.82) is 0 Å². The molecule has 0 saturated heterocycles. The maximum atomic E-state index is 9.37. The van der Waals surface area contributed by atoms with Crippen LogP contribution in [0, 0.1) is 0 Å². The van der Waals surface area contributed by atoms with Crippen LogP contribution in [0.3, 0.4) is 0 Å². The minimum atomic E-state index is -0.516. The van der Waals surface area contributed by atoms with Gasteiger partial charge in [-0.05, 0) is 84.3 Å². The Morgan fingerprint density at radius 1 is 0.378 bits per heavy atom. The lowest BCUT2D eigenvalue weighted by Crippen LogP contribution is -1.92. The molecule has 0 fully saturated rings. The van der Waals surface area contributed by atoms with Crippen molar-refractivity contribution in [1.82, 2.24) is 0 Å². The lowest BCUT2D eigenvalue weighted by molar-refractivity contribution is 0.669. The molecule has 8 aromatic carbocycles. The average molecular weight is 586 g/mol. The first-order valence-corrected chi connectivity index (χ1v) is 14.4. The van der Waals surface area contributed by atoms with Gasteiger partial charge in [-0.1, -0.05) is 151 Å². The Bertz CT molecular complexity index is 3140. The van der Waals surface area contributed by atoms with Crippen molar-refractivity contribution in [2.45, 2.75) is 0 Å². The Labute approximate surface area is 279 Å². The highest BCUT2D eigenvalue weighted by Crippen LogP contribution is 2.48. The Hall–Kier alpha value is -5.92. The summed E-state index contributed by atoms with van der Waals surface area (Å²) in [6, 6.07) is 20.9. The van der Waals surface area contributed by atoms with Crippen LogP contribution >= 0.6 is 0 Å². The molecule has 1 aromatic heterocycles. The molecule has 0 aliphatic heterocycles. The Balaban J connectivity index is 1.43. The summed E-state index contributed by atoms with van der Waals surface area (Å²) in [5, 5.41) is 3.95. The molecule has 0 N–H and O–H groups in total. The smallest absolute Gasteiger partial charge is 0.136 e. The lowest BCUT2D eigenvalue weighted by Gasteiger charge is -2.19. The first-order valence-electron chi connectivity index (χ1n) is 20.9. The van der Waals surface area contributed by atoms with Crippen LogP contribution in [0.2, 0.25) is 0 Å². The largest absolute Gasteiger partial charge is 0.456 e. The molecule has 1 nitrogen and oxygen atoms in total. The molecule has 0 saturated carbocycles. The molecular formula is C44H28O. The SMILES string of the molecule is [2H]c1cc([2H])c([2H])c(-c2c([2H])c([2H])c(-c3c4ccccc4c(-c4cc(-c5c([2H])c([2H])c([2H])c([2H])c5[2H])cc5oc6ccccc6c45)c4ccccc34)c([2H])c2[2H])c1[2H]. The topological polar surface area (TPSA) is 13.1 Å². The number of hydrogen-bond acceptors (Lipinski definition) is 1. The van der Waals surface area contributed by atoms with Crippen molar-refractivity contribution in [3.63, 3.8) is 0 Å². The second kappa shape index (κ2) is 10.4. The number of fused-ring (bicyclic) bond motifs is 5. The van der Waals surface area contributed by atoms with Crippen LogP contribution in [0.1, 0.15) is 17.8 Å². The van der Waals surface area contributed by atoms with Crippen molar-refractivity contribution in [3.05, 3.63) is 170 Å². The molecule has 1 heterocycles. The predicted octanol–water partition coefficient (Wildman–Crippen LogP) is 12.6. The first-order chi connectivity index (χ1) is 27.7. The van der Waals surface area contributed by atoms with Crippen LogP contribution in [-0.4, -0.2) is 0 Å². The van der Waals surface area contributed by atoms with Gasteiger partial charge in [0.15, 0.2) is 0 Å². The first kappa shape index (κ1) is 15.7. The van der Waals surface area contributed by atoms with Gasteiger partial charge >= 0.3 is 0 Å². The number of para-hydroxylation sites is 1. The molecule has 0 radical (unpaired) electrons. The minimum absolute atomic E-state index is 0.00346. The number of hydrogen-bond donors (Lipinski definition) is 0. The van der Waals surface area contributed by atoms with Gasteiger partial charge in [0, 0.05) is 10.8 Å². The van der Waals surface area contributed by atoms with E-state index in [1.807, 2.05) is 60.7 Å². The summed E-state index contributed by atoms with van der Waals surface area (Å²) in [6.45, 7) is 0. The standard InChI is InChI=1S/C44H28O/c1-3-13-29(14-4-1)31-23-25-32(26-24-31)42-34-17-7-9-19-36(34)43(37-20-10-8-18-35(37)42)39-27-33(30-15-5-2-6-16-30)28-41-44(39)38-21-11-12-22-40(38)45-41/h1-28H/i2D,3D,4D,5D,6D,13D,14D,15D,16D,23D,24D,25D,26D. The Kier molecular flexibility index (Phi) is 3.62. The summed E-state index contributed by atoms with van der Waals surface area (Å²) >= 11 is 0. The molecule has 0 aliphatic carbocycles. The third-order valence-electron chi connectivity index (χ3n) is 8.13. The average Bonchev–Trinajstić information content (AvgIpc) is 3.60. The van der Waals surface area contributed by atoms with Gasteiger partial charge in [-0.3, -0.25) is 0 Å². The highest BCUT2D eigenvalue weighted by Gasteiger charge is 2.21. The highest BCUT2D eigenvalue weighted by molar-refractivity contribution is 6.26. The minimum Gasteiger partial charge on any atom is -0.456 e. The summed E-state index contributed by atoms with van der Waals surface area (Å²) in [4.78, 5) is 0. The van der Waals surface area contributed by atoms with Crippen LogP contribution in [0.4, 0.5) is 0 Å². The molecule has 1 heteroatoms. The number of benzene rings is 8. The van der Waals surface area contributed by atoms with E-state index in [4.69, 9.17) is 19.5 Å². The van der Waals surface area contributed by atoms with Gasteiger partial charge in [0.05, 0.1) is 17.8 Å². The van der Waals surface area contributed by atoms with Crippen LogP contribution in [0.5, 0.6) is 0 Å². The van der Waals surface area contributed by atoms with Crippen molar-refractivity contribution in [3.8, 4) is 44.5 Å². The Morgan fingerprint density at radius 2 is 0.889 bits per heavy atom. The monoisotopic (exact) mass is 585 g/mol. The van der Waals surface area contributed by atoms with E-state index in [9.17, 15) is 2.74 Å².